The smallest absolute Gasteiger partial charge is 0.202 e. The third kappa shape index (κ3) is 34.9. The van der Waals surface area contributed by atoms with E-state index >= 15 is 0 Å². The van der Waals surface area contributed by atoms with Crippen LogP contribution in [0.5, 0.6) is 0 Å². The Morgan fingerprint density at radius 2 is 1.28 bits per heavy atom. The quantitative estimate of drug-likeness (QED) is 0.137. The first-order valence-electron chi connectivity index (χ1n) is 9.37. The number of rotatable bonds is 13. The van der Waals surface area contributed by atoms with Gasteiger partial charge >= 0.3 is 0 Å². The molecule has 0 unspecified atom stereocenters. The van der Waals surface area contributed by atoms with E-state index in [0.29, 0.717) is 6.54 Å². The molecule has 0 radical (unpaired) electrons. The van der Waals surface area contributed by atoms with E-state index in [4.69, 9.17) is 16.7 Å². The molecule has 0 aromatic rings. The molecule has 0 aliphatic carbocycles. The lowest BCUT2D eigenvalue weighted by Gasteiger charge is -1.98. The van der Waals surface area contributed by atoms with E-state index in [1.54, 1.807) is 6.19 Å². The van der Waals surface area contributed by atoms with E-state index < -0.39 is 0 Å². The zero-order chi connectivity index (χ0) is 17.6. The normalized spacial score (nSPS) is 9.76. The molecule has 0 spiro atoms. The van der Waals surface area contributed by atoms with Gasteiger partial charge in [0.1, 0.15) is 0 Å². The van der Waals surface area contributed by atoms with Crippen molar-refractivity contribution in [3.63, 3.8) is 0 Å². The molecule has 0 amide bonds. The summed E-state index contributed by atoms with van der Waals surface area (Å²) in [4.78, 5) is 3.99. The first-order valence-corrected chi connectivity index (χ1v) is 9.37. The third-order valence-corrected chi connectivity index (χ3v) is 3.54. The van der Waals surface area contributed by atoms with Gasteiger partial charge in [0.15, 0.2) is 6.19 Å². The number of nitriles is 1. The molecule has 0 heterocycles. The van der Waals surface area contributed by atoms with Gasteiger partial charge < -0.3 is 11.5 Å². The van der Waals surface area contributed by atoms with Gasteiger partial charge in [-0.05, 0) is 19.4 Å². The van der Waals surface area contributed by atoms with Gasteiger partial charge in [-0.3, -0.25) is 10.3 Å². The lowest BCUT2D eigenvalue weighted by Crippen LogP contribution is -2.27. The van der Waals surface area contributed by atoms with Crippen molar-refractivity contribution >= 4 is 5.96 Å². The molecule has 0 atom stereocenters. The van der Waals surface area contributed by atoms with E-state index in [1.807, 2.05) is 0 Å². The minimum absolute atomic E-state index is 0. The molecule has 0 saturated heterocycles. The first-order chi connectivity index (χ1) is 11.2. The van der Waals surface area contributed by atoms with Gasteiger partial charge in [0.2, 0.25) is 5.96 Å². The highest BCUT2D eigenvalue weighted by Crippen LogP contribution is 2.04. The second kappa shape index (κ2) is 30.6. The molecule has 5 heteroatoms. The van der Waals surface area contributed by atoms with E-state index in [-0.39, 0.29) is 20.8 Å². The van der Waals surface area contributed by atoms with Gasteiger partial charge in [0.25, 0.3) is 0 Å². The van der Waals surface area contributed by atoms with Crippen LogP contribution in [0.15, 0.2) is 4.99 Å². The number of hydrogen-bond acceptors (Lipinski definition) is 3. The van der Waals surface area contributed by atoms with Crippen LogP contribution in [-0.4, -0.2) is 19.0 Å². The van der Waals surface area contributed by atoms with Crippen molar-refractivity contribution in [3.05, 3.63) is 0 Å². The van der Waals surface area contributed by atoms with Gasteiger partial charge in [-0.25, -0.2) is 0 Å². The summed E-state index contributed by atoms with van der Waals surface area (Å²) < 4.78 is 0. The molecule has 0 aromatic carbocycles. The number of aliphatic imine (C=N–C) groups is 1. The molecule has 5 nitrogen and oxygen atoms in total. The second-order valence-electron chi connectivity index (χ2n) is 5.83. The van der Waals surface area contributed by atoms with Crippen LogP contribution in [0.25, 0.3) is 0 Å². The fourth-order valence-electron chi connectivity index (χ4n) is 2.11. The molecule has 152 valence electrons. The predicted molar refractivity (Wildman–Crippen MR) is 115 cm³/mol. The maximum atomic E-state index is 8.21. The van der Waals surface area contributed by atoms with E-state index in [0.717, 1.165) is 13.0 Å². The number of nitrogens with one attached hydrogen (secondary N) is 1. The molecular weight excluding hydrogens is 310 g/mol. The van der Waals surface area contributed by atoms with Crippen molar-refractivity contribution < 1.29 is 0 Å². The van der Waals surface area contributed by atoms with Gasteiger partial charge in [-0.2, -0.15) is 5.26 Å². The number of unbranched alkanes of at least 4 members (excludes halogenated alkanes) is 10. The first kappa shape index (κ1) is 31.5. The number of nitrogens with zero attached hydrogens (tertiary/aromatic N) is 2. The zero-order valence-corrected chi connectivity index (χ0v) is 15.4. The van der Waals surface area contributed by atoms with Crippen molar-refractivity contribution in [2.45, 2.75) is 106 Å². The van der Waals surface area contributed by atoms with Crippen LogP contribution < -0.4 is 16.8 Å². The second-order valence-corrected chi connectivity index (χ2v) is 5.83. The largest absolute Gasteiger partial charge is 0.369 e. The van der Waals surface area contributed by atoms with Gasteiger partial charge in [0, 0.05) is 6.54 Å². The van der Waals surface area contributed by atoms with Gasteiger partial charge in [-0.1, -0.05) is 92.9 Å². The Hall–Kier alpha value is -1.28. The fourth-order valence-corrected chi connectivity index (χ4v) is 2.11. The standard InChI is InChI=1S/C10H20N4.C8H19N.2CH4/c1-2-3-4-5-6-7-8-13-10(12)14-9-11;1-2-3-4-5-6-7-8-9;;/h2-8H2,1H3,(H3,12,13,14);2-9H2,1H3;2*1H4. The lowest BCUT2D eigenvalue weighted by molar-refractivity contribution is 0.612. The van der Waals surface area contributed by atoms with Crippen molar-refractivity contribution in [3.8, 4) is 6.19 Å². The molecule has 0 fully saturated rings. The molecule has 0 aromatic heterocycles. The number of nitrogens with two attached hydrogens (primary N) is 2. The van der Waals surface area contributed by atoms with E-state index in [1.165, 1.54) is 70.6 Å². The molecule has 0 aliphatic rings. The summed E-state index contributed by atoms with van der Waals surface area (Å²) >= 11 is 0. The van der Waals surface area contributed by atoms with E-state index in [2.05, 4.69) is 24.2 Å². The van der Waals surface area contributed by atoms with Crippen LogP contribution >= 0.6 is 0 Å². The summed E-state index contributed by atoms with van der Waals surface area (Å²) in [7, 11) is 0. The Kier molecular flexibility index (Phi) is 38.5. The Morgan fingerprint density at radius 3 is 1.72 bits per heavy atom. The summed E-state index contributed by atoms with van der Waals surface area (Å²) in [5, 5.41) is 10.5. The maximum absolute atomic E-state index is 8.21. The molecule has 0 rings (SSSR count). The SMILES string of the molecule is C.C.CCCCCCCCN.CCCCCCCCN=C(N)NC#N. The summed E-state index contributed by atoms with van der Waals surface area (Å²) in [5.74, 6) is 0.223. The highest BCUT2D eigenvalue weighted by atomic mass is 15.1. The van der Waals surface area contributed by atoms with Crippen LogP contribution in [-0.2, 0) is 0 Å². The molecule has 25 heavy (non-hydrogen) atoms. The minimum Gasteiger partial charge on any atom is -0.369 e. The maximum Gasteiger partial charge on any atom is 0.202 e. The van der Waals surface area contributed by atoms with Crippen LogP contribution in [0.2, 0.25) is 0 Å². The molecule has 0 aliphatic heterocycles. The summed E-state index contributed by atoms with van der Waals surface area (Å²) in [6, 6.07) is 0. The van der Waals surface area contributed by atoms with Crippen LogP contribution in [0, 0.1) is 11.5 Å². The summed E-state index contributed by atoms with van der Waals surface area (Å²) in [5.41, 5.74) is 10.7. The lowest BCUT2D eigenvalue weighted by atomic mass is 10.1. The molecule has 0 saturated carbocycles. The van der Waals surface area contributed by atoms with Crippen molar-refractivity contribution in [2.24, 2.45) is 16.5 Å². The number of hydrogen-bond donors (Lipinski definition) is 3. The third-order valence-electron chi connectivity index (χ3n) is 3.54. The monoisotopic (exact) mass is 357 g/mol. The topological polar surface area (TPSA) is 100 Å². The fraction of sp³-hybridized carbons (Fsp3) is 0.900. The molecular formula is C20H47N5. The Bertz CT molecular complexity index is 278. The van der Waals surface area contributed by atoms with Crippen molar-refractivity contribution in [2.75, 3.05) is 13.1 Å². The Morgan fingerprint density at radius 1 is 0.840 bits per heavy atom. The Labute approximate surface area is 158 Å². The van der Waals surface area contributed by atoms with Crippen LogP contribution in [0.3, 0.4) is 0 Å². The average Bonchev–Trinajstić information content (AvgIpc) is 2.55. The molecule has 0 bridgehead atoms. The van der Waals surface area contributed by atoms with E-state index in [9.17, 15) is 0 Å². The van der Waals surface area contributed by atoms with Crippen molar-refractivity contribution in [1.29, 1.82) is 5.26 Å². The Balaban J connectivity index is -0.000000177. The molecule has 5 N–H and O–H groups in total. The highest BCUT2D eigenvalue weighted by molar-refractivity contribution is 5.79. The average molecular weight is 358 g/mol. The van der Waals surface area contributed by atoms with Gasteiger partial charge in [0.05, 0.1) is 0 Å². The minimum atomic E-state index is 0. The van der Waals surface area contributed by atoms with Gasteiger partial charge in [-0.15, -0.1) is 0 Å². The number of guanidine groups is 1. The summed E-state index contributed by atoms with van der Waals surface area (Å²) in [6.45, 7) is 6.03. The van der Waals surface area contributed by atoms with Crippen LogP contribution in [0.1, 0.15) is 106 Å². The van der Waals surface area contributed by atoms with Crippen LogP contribution in [0.4, 0.5) is 0 Å². The predicted octanol–water partition coefficient (Wildman–Crippen LogP) is 5.31. The zero-order valence-electron chi connectivity index (χ0n) is 15.4. The summed E-state index contributed by atoms with van der Waals surface area (Å²) in [6.07, 6.45) is 17.2. The van der Waals surface area contributed by atoms with Crippen molar-refractivity contribution in [1.82, 2.24) is 5.32 Å². The highest BCUT2D eigenvalue weighted by Gasteiger charge is 1.90.